The molecule has 2 heteroatoms. The third-order valence-electron chi connectivity index (χ3n) is 3.32. The Balaban J connectivity index is 1.72. The zero-order chi connectivity index (χ0) is 15.9. The average molecular weight is 300 g/mol. The standard InChI is InChI=1S/C21H16O2/c22-21(18-9-3-1-4-10-18)15-14-17-8-7-13-20(16-17)23-19-11-5-2-6-12-19/h1-16H. The van der Waals surface area contributed by atoms with Crippen LogP contribution in [0.2, 0.25) is 0 Å². The Bertz CT molecular complexity index is 806. The molecule has 0 atom stereocenters. The van der Waals surface area contributed by atoms with Gasteiger partial charge in [0.1, 0.15) is 11.5 Å². The predicted octanol–water partition coefficient (Wildman–Crippen LogP) is 5.38. The summed E-state index contributed by atoms with van der Waals surface area (Å²) in [6.45, 7) is 0. The summed E-state index contributed by atoms with van der Waals surface area (Å²) in [5.74, 6) is 1.51. The van der Waals surface area contributed by atoms with E-state index in [2.05, 4.69) is 0 Å². The highest BCUT2D eigenvalue weighted by atomic mass is 16.5. The van der Waals surface area contributed by atoms with Crippen molar-refractivity contribution in [3.8, 4) is 11.5 Å². The van der Waals surface area contributed by atoms with Crippen LogP contribution in [-0.4, -0.2) is 5.78 Å². The van der Waals surface area contributed by atoms with Crippen LogP contribution < -0.4 is 4.74 Å². The fraction of sp³-hybridized carbons (Fsp3) is 0. The number of hydrogen-bond acceptors (Lipinski definition) is 2. The number of allylic oxidation sites excluding steroid dienone is 1. The van der Waals surface area contributed by atoms with Crippen molar-refractivity contribution in [1.82, 2.24) is 0 Å². The van der Waals surface area contributed by atoms with Gasteiger partial charge in [0.25, 0.3) is 0 Å². The summed E-state index contributed by atoms with van der Waals surface area (Å²) in [5, 5.41) is 0. The molecule has 0 aliphatic heterocycles. The Labute approximate surface area is 135 Å². The van der Waals surface area contributed by atoms with E-state index >= 15 is 0 Å². The van der Waals surface area contributed by atoms with Gasteiger partial charge in [0.05, 0.1) is 0 Å². The molecule has 3 aromatic rings. The molecule has 0 aliphatic rings. The first-order chi connectivity index (χ1) is 11.3. The summed E-state index contributed by atoms with van der Waals surface area (Å²) in [7, 11) is 0. The van der Waals surface area contributed by atoms with Crippen molar-refractivity contribution in [2.45, 2.75) is 0 Å². The molecule has 0 spiro atoms. The van der Waals surface area contributed by atoms with E-state index in [0.717, 1.165) is 17.1 Å². The second-order valence-corrected chi connectivity index (χ2v) is 5.05. The van der Waals surface area contributed by atoms with Crippen LogP contribution in [0.4, 0.5) is 0 Å². The number of carbonyl (C=O) groups is 1. The molecule has 2 nitrogen and oxygen atoms in total. The lowest BCUT2D eigenvalue weighted by atomic mass is 10.1. The molecule has 0 saturated heterocycles. The van der Waals surface area contributed by atoms with Gasteiger partial charge in [0, 0.05) is 5.56 Å². The number of hydrogen-bond donors (Lipinski definition) is 0. The summed E-state index contributed by atoms with van der Waals surface area (Å²) < 4.78 is 5.79. The topological polar surface area (TPSA) is 26.3 Å². The minimum absolute atomic E-state index is 0.0139. The van der Waals surface area contributed by atoms with Gasteiger partial charge in [0.15, 0.2) is 5.78 Å². The normalized spacial score (nSPS) is 10.6. The van der Waals surface area contributed by atoms with E-state index in [4.69, 9.17) is 4.74 Å². The smallest absolute Gasteiger partial charge is 0.185 e. The van der Waals surface area contributed by atoms with Gasteiger partial charge in [-0.2, -0.15) is 0 Å². The van der Waals surface area contributed by atoms with E-state index in [1.54, 1.807) is 12.2 Å². The quantitative estimate of drug-likeness (QED) is 0.467. The van der Waals surface area contributed by atoms with E-state index in [-0.39, 0.29) is 5.78 Å². The molecule has 23 heavy (non-hydrogen) atoms. The lowest BCUT2D eigenvalue weighted by Crippen LogP contribution is -1.92. The summed E-state index contributed by atoms with van der Waals surface area (Å²) in [6, 6.07) is 26.5. The van der Waals surface area contributed by atoms with Gasteiger partial charge in [-0.3, -0.25) is 4.79 Å². The monoisotopic (exact) mass is 300 g/mol. The van der Waals surface area contributed by atoms with Gasteiger partial charge in [-0.25, -0.2) is 0 Å². The molecule has 0 N–H and O–H groups in total. The molecule has 0 saturated carbocycles. The van der Waals surface area contributed by atoms with Crippen LogP contribution in [0, 0.1) is 0 Å². The summed E-state index contributed by atoms with van der Waals surface area (Å²) in [6.07, 6.45) is 3.38. The molecular weight excluding hydrogens is 284 g/mol. The zero-order valence-corrected chi connectivity index (χ0v) is 12.6. The number of ketones is 1. The van der Waals surface area contributed by atoms with Crippen LogP contribution in [-0.2, 0) is 0 Å². The Morgan fingerprint density at radius 3 is 2.13 bits per heavy atom. The maximum absolute atomic E-state index is 12.1. The molecule has 0 radical (unpaired) electrons. The summed E-state index contributed by atoms with van der Waals surface area (Å²) in [5.41, 5.74) is 1.60. The highest BCUT2D eigenvalue weighted by Crippen LogP contribution is 2.22. The fourth-order valence-electron chi connectivity index (χ4n) is 2.18. The molecule has 0 bridgehead atoms. The molecule has 0 heterocycles. The third kappa shape index (κ3) is 4.17. The van der Waals surface area contributed by atoms with Crippen molar-refractivity contribution in [2.24, 2.45) is 0 Å². The van der Waals surface area contributed by atoms with Crippen molar-refractivity contribution >= 4 is 11.9 Å². The molecular formula is C21H16O2. The molecule has 112 valence electrons. The molecule has 0 aromatic heterocycles. The van der Waals surface area contributed by atoms with Crippen LogP contribution in [0.25, 0.3) is 6.08 Å². The van der Waals surface area contributed by atoms with Gasteiger partial charge in [-0.1, -0.05) is 66.7 Å². The van der Waals surface area contributed by atoms with E-state index in [1.807, 2.05) is 84.9 Å². The van der Waals surface area contributed by atoms with Gasteiger partial charge in [0.2, 0.25) is 0 Å². The lowest BCUT2D eigenvalue weighted by Gasteiger charge is -2.05. The predicted molar refractivity (Wildman–Crippen MR) is 92.8 cm³/mol. The average Bonchev–Trinajstić information content (AvgIpc) is 2.62. The van der Waals surface area contributed by atoms with Crippen molar-refractivity contribution in [3.63, 3.8) is 0 Å². The van der Waals surface area contributed by atoms with E-state index in [1.165, 1.54) is 0 Å². The van der Waals surface area contributed by atoms with Crippen molar-refractivity contribution in [1.29, 1.82) is 0 Å². The largest absolute Gasteiger partial charge is 0.457 e. The zero-order valence-electron chi connectivity index (χ0n) is 12.6. The van der Waals surface area contributed by atoms with Crippen LogP contribution in [0.15, 0.2) is 91.0 Å². The number of para-hydroxylation sites is 1. The molecule has 3 rings (SSSR count). The third-order valence-corrected chi connectivity index (χ3v) is 3.32. The lowest BCUT2D eigenvalue weighted by molar-refractivity contribution is 0.104. The number of rotatable bonds is 5. The first-order valence-electron chi connectivity index (χ1n) is 7.42. The van der Waals surface area contributed by atoms with Crippen LogP contribution >= 0.6 is 0 Å². The molecule has 0 aliphatic carbocycles. The Morgan fingerprint density at radius 1 is 0.739 bits per heavy atom. The van der Waals surface area contributed by atoms with Gasteiger partial charge < -0.3 is 4.74 Å². The van der Waals surface area contributed by atoms with E-state index in [9.17, 15) is 4.79 Å². The maximum atomic E-state index is 12.1. The first kappa shape index (κ1) is 14.8. The van der Waals surface area contributed by atoms with Crippen LogP contribution in [0.1, 0.15) is 15.9 Å². The van der Waals surface area contributed by atoms with Crippen molar-refractivity contribution < 1.29 is 9.53 Å². The highest BCUT2D eigenvalue weighted by molar-refractivity contribution is 6.06. The van der Waals surface area contributed by atoms with Gasteiger partial charge >= 0.3 is 0 Å². The van der Waals surface area contributed by atoms with Crippen LogP contribution in [0.3, 0.4) is 0 Å². The van der Waals surface area contributed by atoms with Crippen molar-refractivity contribution in [2.75, 3.05) is 0 Å². The Kier molecular flexibility index (Phi) is 4.65. The Hall–Kier alpha value is -3.13. The first-order valence-corrected chi connectivity index (χ1v) is 7.42. The number of benzene rings is 3. The second kappa shape index (κ2) is 7.23. The molecule has 3 aromatic carbocycles. The Morgan fingerprint density at radius 2 is 1.39 bits per heavy atom. The van der Waals surface area contributed by atoms with Gasteiger partial charge in [-0.15, -0.1) is 0 Å². The van der Waals surface area contributed by atoms with Crippen LogP contribution in [0.5, 0.6) is 11.5 Å². The molecule has 0 amide bonds. The highest BCUT2D eigenvalue weighted by Gasteiger charge is 2.00. The van der Waals surface area contributed by atoms with Crippen molar-refractivity contribution in [3.05, 3.63) is 102 Å². The minimum Gasteiger partial charge on any atom is -0.457 e. The SMILES string of the molecule is O=C(C=Cc1cccc(Oc2ccccc2)c1)c1ccccc1. The van der Waals surface area contributed by atoms with Gasteiger partial charge in [-0.05, 0) is 35.9 Å². The maximum Gasteiger partial charge on any atom is 0.185 e. The van der Waals surface area contributed by atoms with E-state index in [0.29, 0.717) is 5.56 Å². The minimum atomic E-state index is -0.0139. The number of carbonyl (C=O) groups excluding carboxylic acids is 1. The fourth-order valence-corrected chi connectivity index (χ4v) is 2.18. The second-order valence-electron chi connectivity index (χ2n) is 5.05. The van der Waals surface area contributed by atoms with E-state index < -0.39 is 0 Å². The molecule has 0 fully saturated rings. The molecule has 0 unspecified atom stereocenters. The number of ether oxygens (including phenoxy) is 1. The summed E-state index contributed by atoms with van der Waals surface area (Å²) >= 11 is 0. The summed E-state index contributed by atoms with van der Waals surface area (Å²) in [4.78, 5) is 12.1.